The van der Waals surface area contributed by atoms with Gasteiger partial charge in [-0.15, -0.1) is 11.3 Å². The minimum absolute atomic E-state index is 0.0627. The average Bonchev–Trinajstić information content (AvgIpc) is 3.57. The van der Waals surface area contributed by atoms with E-state index in [4.69, 9.17) is 36.0 Å². The molecule has 0 aliphatic heterocycles. The molecule has 6 aromatic rings. The zero-order chi connectivity index (χ0) is 37.3. The fourth-order valence-corrected chi connectivity index (χ4v) is 8.29. The molecule has 53 heavy (non-hydrogen) atoms. The van der Waals surface area contributed by atoms with E-state index in [9.17, 15) is 9.59 Å². The van der Waals surface area contributed by atoms with E-state index >= 15 is 0 Å². The van der Waals surface area contributed by atoms with Crippen molar-refractivity contribution >= 4 is 61.8 Å². The monoisotopic (exact) mass is 746 g/mol. The third-order valence-electron chi connectivity index (χ3n) is 9.51. The maximum Gasteiger partial charge on any atom is 0.339 e. The number of halogens is 1. The Balaban J connectivity index is 1.26. The first-order chi connectivity index (χ1) is 25.5. The summed E-state index contributed by atoms with van der Waals surface area (Å²) >= 11 is 7.89. The summed E-state index contributed by atoms with van der Waals surface area (Å²) in [7, 11) is 0. The van der Waals surface area contributed by atoms with E-state index in [1.54, 1.807) is 24.5 Å². The van der Waals surface area contributed by atoms with Crippen LogP contribution in [0.15, 0.2) is 79.0 Å². The lowest BCUT2D eigenvalue weighted by molar-refractivity contribution is -0.166. The van der Waals surface area contributed by atoms with Crippen molar-refractivity contribution < 1.29 is 19.1 Å². The van der Waals surface area contributed by atoms with Gasteiger partial charge in [0.1, 0.15) is 10.8 Å². The van der Waals surface area contributed by atoms with Gasteiger partial charge in [-0.1, -0.05) is 49.1 Å². The fraction of sp³-hybridized carbons (Fsp3) is 0.326. The van der Waals surface area contributed by atoms with E-state index in [2.05, 4.69) is 11.4 Å². The summed E-state index contributed by atoms with van der Waals surface area (Å²) in [6.07, 6.45) is 6.16. The number of thiazole rings is 1. The molecule has 1 fully saturated rings. The number of aryl methyl sites for hydroxylation is 1. The molecule has 0 radical (unpaired) electrons. The number of nitrogens with one attached hydrogen (secondary N) is 1. The van der Waals surface area contributed by atoms with E-state index in [1.165, 1.54) is 6.42 Å². The van der Waals surface area contributed by atoms with Crippen LogP contribution in [0.25, 0.3) is 54.1 Å². The Morgan fingerprint density at radius 1 is 0.906 bits per heavy atom. The molecule has 1 atom stereocenters. The number of benzene rings is 3. The maximum atomic E-state index is 13.5. The number of aromatic nitrogens is 3. The van der Waals surface area contributed by atoms with Crippen LogP contribution in [0.3, 0.4) is 0 Å². The molecule has 1 amide bonds. The first-order valence-corrected chi connectivity index (χ1v) is 19.4. The molecule has 0 spiro atoms. The molecule has 1 saturated carbocycles. The number of anilines is 1. The van der Waals surface area contributed by atoms with Crippen LogP contribution in [0.4, 0.5) is 5.82 Å². The summed E-state index contributed by atoms with van der Waals surface area (Å²) in [5, 5.41) is 5.42. The van der Waals surface area contributed by atoms with Crippen molar-refractivity contribution in [2.45, 2.75) is 78.4 Å². The topological polar surface area (TPSA) is 103 Å². The Kier molecular flexibility index (Phi) is 10.6. The van der Waals surface area contributed by atoms with Gasteiger partial charge in [0.2, 0.25) is 5.91 Å². The van der Waals surface area contributed by atoms with Crippen LogP contribution >= 0.6 is 22.9 Å². The Morgan fingerprint density at radius 2 is 1.66 bits per heavy atom. The van der Waals surface area contributed by atoms with Gasteiger partial charge >= 0.3 is 5.97 Å². The van der Waals surface area contributed by atoms with Gasteiger partial charge in [0, 0.05) is 44.8 Å². The SMILES string of the molecule is CCOC(=O)C(OC(C)(C)C)c1c(C)cc2nc(-c3ccnc(-c4ccc5nc(NC(=O)C6CCCCC6)ccc5c4)c3)sc2c1-c1ccc(Cl)cc1. The van der Waals surface area contributed by atoms with Crippen molar-refractivity contribution in [1.82, 2.24) is 15.0 Å². The van der Waals surface area contributed by atoms with Crippen molar-refractivity contribution in [1.29, 1.82) is 0 Å². The van der Waals surface area contributed by atoms with Crippen molar-refractivity contribution in [3.8, 4) is 33.0 Å². The molecule has 1 aliphatic carbocycles. The number of fused-ring (bicyclic) bond motifs is 2. The Bertz CT molecular complexity index is 2310. The number of pyridine rings is 2. The average molecular weight is 747 g/mol. The standard InChI is InChI=1S/C43H43ClN4O4S/c1-6-51-42(50)38(52-43(3,4)5)36-25(2)22-34-39(37(36)26-12-16-31(44)17-13-26)53-41(47-34)30-20-21-45-33(24-30)29-14-18-32-28(23-29)15-19-35(46-32)48-40(49)27-10-8-7-9-11-27/h12-24,27,38H,6-11H2,1-5H3,(H,46,48,49). The van der Waals surface area contributed by atoms with Gasteiger partial charge in [-0.05, 0) is 113 Å². The summed E-state index contributed by atoms with van der Waals surface area (Å²) in [5.41, 5.74) is 7.06. The molecule has 3 aromatic carbocycles. The van der Waals surface area contributed by atoms with E-state index in [1.807, 2.05) is 94.4 Å². The number of carbonyl (C=O) groups is 2. The van der Waals surface area contributed by atoms with Crippen LogP contribution in [0.2, 0.25) is 5.02 Å². The van der Waals surface area contributed by atoms with Crippen molar-refractivity contribution in [3.63, 3.8) is 0 Å². The zero-order valence-corrected chi connectivity index (χ0v) is 32.2. The third-order valence-corrected chi connectivity index (χ3v) is 10.9. The van der Waals surface area contributed by atoms with Crippen molar-refractivity contribution in [2.24, 2.45) is 5.92 Å². The van der Waals surface area contributed by atoms with Crippen LogP contribution < -0.4 is 5.32 Å². The quantitative estimate of drug-likeness (QED) is 0.147. The van der Waals surface area contributed by atoms with Gasteiger partial charge in [-0.25, -0.2) is 14.8 Å². The van der Waals surface area contributed by atoms with Gasteiger partial charge in [-0.2, -0.15) is 0 Å². The Labute approximate surface area is 319 Å². The van der Waals surface area contributed by atoms with Gasteiger partial charge < -0.3 is 14.8 Å². The molecule has 8 nitrogen and oxygen atoms in total. The molecule has 0 saturated heterocycles. The Morgan fingerprint density at radius 3 is 2.40 bits per heavy atom. The zero-order valence-electron chi connectivity index (χ0n) is 30.7. The van der Waals surface area contributed by atoms with Crippen LogP contribution in [0.5, 0.6) is 0 Å². The molecular formula is C43H43ClN4O4S. The summed E-state index contributed by atoms with van der Waals surface area (Å²) < 4.78 is 12.9. The van der Waals surface area contributed by atoms with Gasteiger partial charge in [-0.3, -0.25) is 9.78 Å². The number of esters is 1. The van der Waals surface area contributed by atoms with Gasteiger partial charge in [0.15, 0.2) is 6.10 Å². The molecule has 10 heteroatoms. The number of hydrogen-bond acceptors (Lipinski definition) is 8. The number of amides is 1. The number of nitrogens with zero attached hydrogens (tertiary/aromatic N) is 3. The van der Waals surface area contributed by atoms with Crippen LogP contribution in [0.1, 0.15) is 77.0 Å². The number of carbonyl (C=O) groups excluding carboxylic acids is 2. The highest BCUT2D eigenvalue weighted by molar-refractivity contribution is 7.22. The minimum Gasteiger partial charge on any atom is -0.464 e. The molecule has 3 heterocycles. The smallest absolute Gasteiger partial charge is 0.339 e. The minimum atomic E-state index is -0.949. The van der Waals surface area contributed by atoms with E-state index < -0.39 is 17.7 Å². The summed E-state index contributed by atoms with van der Waals surface area (Å²) in [6.45, 7) is 9.82. The normalized spacial score (nSPS) is 14.4. The molecule has 1 unspecified atom stereocenters. The molecule has 0 bridgehead atoms. The molecule has 3 aromatic heterocycles. The molecular weight excluding hydrogens is 704 g/mol. The van der Waals surface area contributed by atoms with E-state index in [-0.39, 0.29) is 18.4 Å². The second-order valence-corrected chi connectivity index (χ2v) is 16.0. The molecule has 272 valence electrons. The summed E-state index contributed by atoms with van der Waals surface area (Å²) in [4.78, 5) is 40.9. The molecule has 1 N–H and O–H groups in total. The first kappa shape index (κ1) is 36.6. The second kappa shape index (κ2) is 15.3. The highest BCUT2D eigenvalue weighted by Crippen LogP contribution is 2.45. The highest BCUT2D eigenvalue weighted by atomic mass is 35.5. The van der Waals surface area contributed by atoms with Crippen molar-refractivity contribution in [2.75, 3.05) is 11.9 Å². The first-order valence-electron chi connectivity index (χ1n) is 18.2. The maximum absolute atomic E-state index is 13.5. The highest BCUT2D eigenvalue weighted by Gasteiger charge is 2.33. The number of hydrogen-bond donors (Lipinski definition) is 1. The largest absolute Gasteiger partial charge is 0.464 e. The third kappa shape index (κ3) is 8.12. The number of rotatable bonds is 9. The molecule has 7 rings (SSSR count). The molecule has 1 aliphatic rings. The lowest BCUT2D eigenvalue weighted by Gasteiger charge is -2.29. The predicted octanol–water partition coefficient (Wildman–Crippen LogP) is 11.1. The van der Waals surface area contributed by atoms with Crippen LogP contribution in [-0.2, 0) is 19.1 Å². The summed E-state index contributed by atoms with van der Waals surface area (Å²) in [6, 6.07) is 23.6. The van der Waals surface area contributed by atoms with E-state index in [0.29, 0.717) is 10.8 Å². The predicted molar refractivity (Wildman–Crippen MR) is 214 cm³/mol. The summed E-state index contributed by atoms with van der Waals surface area (Å²) in [5.74, 6) is 0.269. The lowest BCUT2D eigenvalue weighted by atomic mass is 9.89. The number of ether oxygens (including phenoxy) is 2. The van der Waals surface area contributed by atoms with Crippen molar-refractivity contribution in [3.05, 3.63) is 95.1 Å². The van der Waals surface area contributed by atoms with Gasteiger partial charge in [0.05, 0.1) is 33.6 Å². The van der Waals surface area contributed by atoms with Crippen LogP contribution in [-0.4, -0.2) is 39.0 Å². The van der Waals surface area contributed by atoms with Gasteiger partial charge in [0.25, 0.3) is 0 Å². The lowest BCUT2D eigenvalue weighted by Crippen LogP contribution is -2.29. The second-order valence-electron chi connectivity index (χ2n) is 14.6. The fourth-order valence-electron chi connectivity index (χ4n) is 7.04. The Hall–Kier alpha value is -4.70. The van der Waals surface area contributed by atoms with E-state index in [0.717, 1.165) is 90.9 Å². The van der Waals surface area contributed by atoms with Crippen LogP contribution in [0, 0.1) is 12.8 Å².